The number of benzene rings is 1. The second kappa shape index (κ2) is 10.6. The molecule has 1 aliphatic rings. The number of alkyl halides is 3. The number of aryl methyl sites for hydroxylation is 2. The number of hydrogen-bond acceptors (Lipinski definition) is 6. The highest BCUT2D eigenvalue weighted by molar-refractivity contribution is 7.92. The van der Waals surface area contributed by atoms with Gasteiger partial charge in [-0.1, -0.05) is 27.7 Å². The molecule has 1 fully saturated rings. The number of urea groups is 1. The van der Waals surface area contributed by atoms with E-state index in [1.165, 1.54) is 0 Å². The maximum Gasteiger partial charge on any atom is 0.501 e. The lowest BCUT2D eigenvalue weighted by molar-refractivity contribution is -0.123. The summed E-state index contributed by atoms with van der Waals surface area (Å²) >= 11 is 0. The minimum Gasteiger partial charge on any atom is -0.322 e. The monoisotopic (exact) mass is 574 g/mol. The molecule has 1 saturated heterocycles. The van der Waals surface area contributed by atoms with E-state index in [9.17, 15) is 31.2 Å². The van der Waals surface area contributed by atoms with Crippen LogP contribution in [0.5, 0.6) is 0 Å². The number of halogens is 3. The van der Waals surface area contributed by atoms with Gasteiger partial charge in [0, 0.05) is 35.6 Å². The fraction of sp³-hybridized carbons (Fsp3) is 0.357. The average molecular weight is 575 g/mol. The summed E-state index contributed by atoms with van der Waals surface area (Å²) in [5.41, 5.74) is -3.89. The van der Waals surface area contributed by atoms with E-state index in [0.29, 0.717) is 12.8 Å². The second-order valence-electron chi connectivity index (χ2n) is 9.69. The zero-order valence-electron chi connectivity index (χ0n) is 22.4. The predicted molar refractivity (Wildman–Crippen MR) is 142 cm³/mol. The molecule has 0 bridgehead atoms. The van der Waals surface area contributed by atoms with Crippen LogP contribution in [0.4, 0.5) is 23.7 Å². The van der Waals surface area contributed by atoms with Crippen LogP contribution in [0.1, 0.15) is 62.0 Å². The third-order valence-electron chi connectivity index (χ3n) is 7.56. The van der Waals surface area contributed by atoms with E-state index in [1.807, 2.05) is 39.8 Å². The van der Waals surface area contributed by atoms with Gasteiger partial charge in [-0.3, -0.25) is 14.8 Å². The van der Waals surface area contributed by atoms with Crippen LogP contribution in [0.2, 0.25) is 0 Å². The van der Waals surface area contributed by atoms with Crippen molar-refractivity contribution in [3.63, 3.8) is 0 Å². The van der Waals surface area contributed by atoms with Crippen molar-refractivity contribution >= 4 is 27.5 Å². The number of rotatable bonds is 8. The van der Waals surface area contributed by atoms with Gasteiger partial charge in [0.2, 0.25) is 0 Å². The summed E-state index contributed by atoms with van der Waals surface area (Å²) in [4.78, 5) is 36.3. The lowest BCUT2D eigenvalue weighted by Gasteiger charge is -2.39. The Kier molecular flexibility index (Phi) is 7.77. The Morgan fingerprint density at radius 1 is 0.875 bits per heavy atom. The number of anilines is 1. The van der Waals surface area contributed by atoms with Gasteiger partial charge < -0.3 is 5.32 Å². The molecule has 40 heavy (non-hydrogen) atoms. The van der Waals surface area contributed by atoms with Gasteiger partial charge in [-0.2, -0.15) is 13.2 Å². The molecular weight excluding hydrogens is 545 g/mol. The van der Waals surface area contributed by atoms with Crippen molar-refractivity contribution in [1.29, 1.82) is 0 Å². The molecule has 212 valence electrons. The van der Waals surface area contributed by atoms with E-state index in [1.54, 1.807) is 24.5 Å². The smallest absolute Gasteiger partial charge is 0.322 e. The molecule has 12 heteroatoms. The number of nitrogens with zero attached hydrogens (tertiary/aromatic N) is 3. The summed E-state index contributed by atoms with van der Waals surface area (Å²) in [6.07, 6.45) is 4.60. The van der Waals surface area contributed by atoms with Crippen LogP contribution in [-0.2, 0) is 27.5 Å². The van der Waals surface area contributed by atoms with Crippen LogP contribution in [0, 0.1) is 0 Å². The number of nitrogens with one attached hydrogen (secondary N) is 1. The zero-order valence-corrected chi connectivity index (χ0v) is 23.2. The van der Waals surface area contributed by atoms with Gasteiger partial charge in [-0.25, -0.2) is 18.1 Å². The molecule has 0 radical (unpaired) electrons. The largest absolute Gasteiger partial charge is 0.501 e. The van der Waals surface area contributed by atoms with Crippen molar-refractivity contribution in [2.75, 3.05) is 4.90 Å². The molecule has 4 rings (SSSR count). The van der Waals surface area contributed by atoms with Gasteiger partial charge in [0.25, 0.3) is 15.7 Å². The van der Waals surface area contributed by atoms with Crippen LogP contribution in [0.15, 0.2) is 65.8 Å². The van der Waals surface area contributed by atoms with Gasteiger partial charge in [0.1, 0.15) is 5.54 Å². The molecule has 0 spiro atoms. The summed E-state index contributed by atoms with van der Waals surface area (Å²) in [6, 6.07) is 10.0. The lowest BCUT2D eigenvalue weighted by Crippen LogP contribution is -2.55. The molecule has 3 amide bonds. The van der Waals surface area contributed by atoms with E-state index < -0.39 is 49.6 Å². The zero-order chi connectivity index (χ0) is 29.5. The quantitative estimate of drug-likeness (QED) is 0.366. The molecule has 1 aromatic carbocycles. The van der Waals surface area contributed by atoms with Crippen molar-refractivity contribution in [2.24, 2.45) is 0 Å². The van der Waals surface area contributed by atoms with Crippen LogP contribution in [0.3, 0.4) is 0 Å². The van der Waals surface area contributed by atoms with Gasteiger partial charge in [-0.05, 0) is 72.5 Å². The van der Waals surface area contributed by atoms with Crippen molar-refractivity contribution in [2.45, 2.75) is 68.3 Å². The maximum absolute atomic E-state index is 14.3. The van der Waals surface area contributed by atoms with E-state index in [-0.39, 0.29) is 5.69 Å². The summed E-state index contributed by atoms with van der Waals surface area (Å²) in [5, 5.41) is 2.90. The minimum absolute atomic E-state index is 0.0575. The summed E-state index contributed by atoms with van der Waals surface area (Å²) in [5.74, 6) is -1.73. The standard InChI is InChI=1S/C28H29F3N4O4S/c1-5-21-15-19(11-13-32-21)17(3)27(18(4)20-12-14-33-22(6-2)16-20)25(36)35(26(37)34-27)23-7-9-24(10-8-23)40(38,39)28(29,30)31/h7-18H,5-6H2,1-4H3,(H,34,37). The molecule has 1 N–H and O–H groups in total. The third-order valence-corrected chi connectivity index (χ3v) is 9.06. The van der Waals surface area contributed by atoms with Gasteiger partial charge in [0.05, 0.1) is 10.6 Å². The molecule has 2 unspecified atom stereocenters. The summed E-state index contributed by atoms with van der Waals surface area (Å²) in [7, 11) is -5.59. The second-order valence-corrected chi connectivity index (χ2v) is 11.6. The molecule has 1 aliphatic heterocycles. The van der Waals surface area contributed by atoms with E-state index >= 15 is 0 Å². The normalized spacial score (nSPS) is 19.4. The molecule has 3 aromatic rings. The van der Waals surface area contributed by atoms with Crippen LogP contribution >= 0.6 is 0 Å². The Labute approximate surface area is 230 Å². The third kappa shape index (κ3) is 4.85. The van der Waals surface area contributed by atoms with Crippen LogP contribution in [0.25, 0.3) is 0 Å². The number of aromatic nitrogens is 2. The highest BCUT2D eigenvalue weighted by Gasteiger charge is 2.59. The predicted octanol–water partition coefficient (Wildman–Crippen LogP) is 5.30. The molecule has 3 heterocycles. The van der Waals surface area contributed by atoms with Crippen molar-refractivity contribution in [3.05, 3.63) is 83.4 Å². The number of hydrogen-bond donors (Lipinski definition) is 1. The number of imide groups is 1. The molecular formula is C28H29F3N4O4S. The van der Waals surface area contributed by atoms with Crippen molar-refractivity contribution < 1.29 is 31.2 Å². The number of pyridine rings is 2. The van der Waals surface area contributed by atoms with Gasteiger partial charge in [0.15, 0.2) is 0 Å². The van der Waals surface area contributed by atoms with Crippen LogP contribution in [-0.4, -0.2) is 41.4 Å². The molecule has 2 atom stereocenters. The summed E-state index contributed by atoms with van der Waals surface area (Å²) < 4.78 is 62.7. The first-order chi connectivity index (χ1) is 18.8. The fourth-order valence-electron chi connectivity index (χ4n) is 5.11. The fourth-order valence-corrected chi connectivity index (χ4v) is 5.87. The molecule has 0 aliphatic carbocycles. The lowest BCUT2D eigenvalue weighted by atomic mass is 9.69. The summed E-state index contributed by atoms with van der Waals surface area (Å²) in [6.45, 7) is 7.55. The molecule has 0 saturated carbocycles. The number of amides is 3. The molecule has 8 nitrogen and oxygen atoms in total. The molecule has 2 aromatic heterocycles. The van der Waals surface area contributed by atoms with Crippen LogP contribution < -0.4 is 10.2 Å². The van der Waals surface area contributed by atoms with Crippen molar-refractivity contribution in [1.82, 2.24) is 15.3 Å². The first-order valence-corrected chi connectivity index (χ1v) is 14.2. The SMILES string of the molecule is CCc1cc(C(C)C2(C(C)c3ccnc(CC)c3)NC(=O)N(c3ccc(S(=O)(=O)C(F)(F)F)cc3)C2=O)ccn1. The van der Waals surface area contributed by atoms with Gasteiger partial charge >= 0.3 is 11.5 Å². The Balaban J connectivity index is 1.83. The first kappa shape index (κ1) is 29.2. The Morgan fingerprint density at radius 2 is 1.35 bits per heavy atom. The highest BCUT2D eigenvalue weighted by atomic mass is 32.2. The van der Waals surface area contributed by atoms with E-state index in [2.05, 4.69) is 15.3 Å². The van der Waals surface area contributed by atoms with Gasteiger partial charge in [-0.15, -0.1) is 0 Å². The Hall–Kier alpha value is -3.80. The number of sulfone groups is 1. The van der Waals surface area contributed by atoms with Crippen molar-refractivity contribution in [3.8, 4) is 0 Å². The maximum atomic E-state index is 14.3. The Morgan fingerprint density at radius 3 is 1.77 bits per heavy atom. The number of carbonyl (C=O) groups excluding carboxylic acids is 2. The first-order valence-electron chi connectivity index (χ1n) is 12.8. The minimum atomic E-state index is -5.59. The highest BCUT2D eigenvalue weighted by Crippen LogP contribution is 2.45. The topological polar surface area (TPSA) is 109 Å². The average Bonchev–Trinajstić information content (AvgIpc) is 3.21. The Bertz CT molecular complexity index is 1490. The number of carbonyl (C=O) groups is 2. The van der Waals surface area contributed by atoms with E-state index in [4.69, 9.17) is 0 Å². The van der Waals surface area contributed by atoms with E-state index in [0.717, 1.165) is 51.7 Å².